The number of esters is 1. The fourth-order valence-corrected chi connectivity index (χ4v) is 2.35. The van der Waals surface area contributed by atoms with Crippen molar-refractivity contribution in [3.8, 4) is 0 Å². The molecule has 0 amide bonds. The lowest BCUT2D eigenvalue weighted by atomic mass is 9.75. The molecule has 0 saturated heterocycles. The van der Waals surface area contributed by atoms with Crippen LogP contribution in [0.5, 0.6) is 0 Å². The molecule has 0 aromatic rings. The van der Waals surface area contributed by atoms with E-state index in [1.807, 2.05) is 6.92 Å². The van der Waals surface area contributed by atoms with E-state index < -0.39 is 35.7 Å². The van der Waals surface area contributed by atoms with Crippen molar-refractivity contribution >= 4 is 17.9 Å². The minimum absolute atomic E-state index is 0.0867. The van der Waals surface area contributed by atoms with Gasteiger partial charge in [-0.2, -0.15) is 0 Å². The Labute approximate surface area is 111 Å². The number of unbranched alkanes of at least 4 members (excludes halogenated alkanes) is 1. The van der Waals surface area contributed by atoms with Crippen molar-refractivity contribution in [3.63, 3.8) is 0 Å². The molecule has 0 bridgehead atoms. The molecule has 0 aromatic carbocycles. The molecule has 1 aliphatic carbocycles. The second-order valence-corrected chi connectivity index (χ2v) is 5.00. The van der Waals surface area contributed by atoms with Crippen LogP contribution in [0.4, 0.5) is 0 Å². The van der Waals surface area contributed by atoms with E-state index >= 15 is 0 Å². The zero-order valence-electron chi connectivity index (χ0n) is 11.0. The average molecular weight is 272 g/mol. The lowest BCUT2D eigenvalue weighted by molar-refractivity contribution is -0.156. The summed E-state index contributed by atoms with van der Waals surface area (Å²) < 4.78 is 5.05. The maximum atomic E-state index is 11.8. The molecule has 0 radical (unpaired) electrons. The molecule has 1 rings (SSSR count). The first kappa shape index (κ1) is 15.5. The van der Waals surface area contributed by atoms with Gasteiger partial charge in [0, 0.05) is 0 Å². The van der Waals surface area contributed by atoms with Crippen molar-refractivity contribution < 1.29 is 29.3 Å². The Morgan fingerprint density at radius 3 is 1.89 bits per heavy atom. The molecule has 0 aromatic heterocycles. The van der Waals surface area contributed by atoms with Gasteiger partial charge in [0.05, 0.1) is 24.4 Å². The van der Waals surface area contributed by atoms with E-state index in [1.54, 1.807) is 0 Å². The number of hydrogen-bond donors (Lipinski definition) is 2. The molecule has 1 fully saturated rings. The predicted molar refractivity (Wildman–Crippen MR) is 65.5 cm³/mol. The van der Waals surface area contributed by atoms with Gasteiger partial charge in [-0.15, -0.1) is 0 Å². The molecule has 0 aliphatic heterocycles. The van der Waals surface area contributed by atoms with Crippen LogP contribution in [0, 0.1) is 17.8 Å². The summed E-state index contributed by atoms with van der Waals surface area (Å²) in [4.78, 5) is 33.8. The third-order valence-corrected chi connectivity index (χ3v) is 3.48. The average Bonchev–Trinajstić information content (AvgIpc) is 2.38. The molecule has 6 nitrogen and oxygen atoms in total. The van der Waals surface area contributed by atoms with Crippen LogP contribution >= 0.6 is 0 Å². The van der Waals surface area contributed by atoms with Crippen LogP contribution in [0.15, 0.2) is 0 Å². The Morgan fingerprint density at radius 2 is 1.47 bits per heavy atom. The Kier molecular flexibility index (Phi) is 5.79. The number of carbonyl (C=O) groups excluding carboxylic acids is 1. The molecule has 2 N–H and O–H groups in total. The molecular formula is C13H20O6. The third kappa shape index (κ3) is 4.54. The smallest absolute Gasteiger partial charge is 0.308 e. The van der Waals surface area contributed by atoms with Crippen molar-refractivity contribution in [1.82, 2.24) is 0 Å². The van der Waals surface area contributed by atoms with Crippen LogP contribution in [0.25, 0.3) is 0 Å². The summed E-state index contributed by atoms with van der Waals surface area (Å²) in [6.45, 7) is 2.27. The van der Waals surface area contributed by atoms with Gasteiger partial charge < -0.3 is 14.9 Å². The van der Waals surface area contributed by atoms with Crippen molar-refractivity contribution in [2.75, 3.05) is 6.61 Å². The molecule has 6 heteroatoms. The lowest BCUT2D eigenvalue weighted by Crippen LogP contribution is -2.35. The van der Waals surface area contributed by atoms with Crippen molar-refractivity contribution in [3.05, 3.63) is 0 Å². The van der Waals surface area contributed by atoms with E-state index in [1.165, 1.54) is 0 Å². The van der Waals surface area contributed by atoms with Gasteiger partial charge in [-0.3, -0.25) is 14.4 Å². The number of rotatable bonds is 6. The summed E-state index contributed by atoms with van der Waals surface area (Å²) in [7, 11) is 0. The van der Waals surface area contributed by atoms with Gasteiger partial charge in [0.1, 0.15) is 0 Å². The minimum atomic E-state index is -1.04. The zero-order chi connectivity index (χ0) is 14.4. The van der Waals surface area contributed by atoms with Crippen LogP contribution in [0.2, 0.25) is 0 Å². The fourth-order valence-electron chi connectivity index (χ4n) is 2.35. The van der Waals surface area contributed by atoms with E-state index in [4.69, 9.17) is 14.9 Å². The van der Waals surface area contributed by atoms with Crippen LogP contribution in [0.3, 0.4) is 0 Å². The molecular weight excluding hydrogens is 252 g/mol. The van der Waals surface area contributed by atoms with Crippen LogP contribution < -0.4 is 0 Å². The highest BCUT2D eigenvalue weighted by molar-refractivity contribution is 5.79. The molecule has 2 atom stereocenters. The lowest BCUT2D eigenvalue weighted by Gasteiger charge is -2.29. The Hall–Kier alpha value is -1.59. The standard InChI is InChI=1S/C13H20O6/c1-2-3-4-19-13(18)10-6-8(11(14)15)5-9(7-10)12(16)17/h8-10H,2-7H2,1H3,(H,14,15)(H,16,17). The monoisotopic (exact) mass is 272 g/mol. The number of carboxylic acid groups (broad SMARTS) is 2. The summed E-state index contributed by atoms with van der Waals surface area (Å²) in [5.74, 6) is -4.73. The largest absolute Gasteiger partial charge is 0.481 e. The van der Waals surface area contributed by atoms with Crippen LogP contribution in [0.1, 0.15) is 39.0 Å². The zero-order valence-corrected chi connectivity index (χ0v) is 11.0. The highest BCUT2D eigenvalue weighted by Gasteiger charge is 2.39. The topological polar surface area (TPSA) is 101 Å². The number of hydrogen-bond acceptors (Lipinski definition) is 4. The molecule has 108 valence electrons. The van der Waals surface area contributed by atoms with Gasteiger partial charge in [0.2, 0.25) is 0 Å². The van der Waals surface area contributed by atoms with E-state index in [0.29, 0.717) is 6.61 Å². The Morgan fingerprint density at radius 1 is 1.00 bits per heavy atom. The maximum absolute atomic E-state index is 11.8. The Balaban J connectivity index is 2.62. The SMILES string of the molecule is CCCCOC(=O)C1CC(C(=O)O)CC(C(=O)O)C1. The quantitative estimate of drug-likeness (QED) is 0.561. The van der Waals surface area contributed by atoms with E-state index in [2.05, 4.69) is 0 Å². The van der Waals surface area contributed by atoms with Crippen LogP contribution in [-0.2, 0) is 19.1 Å². The van der Waals surface area contributed by atoms with Gasteiger partial charge in [0.15, 0.2) is 0 Å². The summed E-state index contributed by atoms with van der Waals surface area (Å²) in [6.07, 6.45) is 2.08. The number of aliphatic carboxylic acids is 2. The molecule has 0 heterocycles. The number of carboxylic acids is 2. The molecule has 1 aliphatic rings. The first-order chi connectivity index (χ1) is 8.95. The predicted octanol–water partition coefficient (Wildman–Crippen LogP) is 1.53. The van der Waals surface area contributed by atoms with Crippen LogP contribution in [-0.4, -0.2) is 34.7 Å². The van der Waals surface area contributed by atoms with Gasteiger partial charge in [-0.1, -0.05) is 13.3 Å². The summed E-state index contributed by atoms with van der Waals surface area (Å²) in [5, 5.41) is 18.0. The van der Waals surface area contributed by atoms with Gasteiger partial charge in [-0.25, -0.2) is 0 Å². The second-order valence-electron chi connectivity index (χ2n) is 5.00. The summed E-state index contributed by atoms with van der Waals surface area (Å²) in [6, 6.07) is 0. The molecule has 0 spiro atoms. The normalized spacial score (nSPS) is 26.7. The highest BCUT2D eigenvalue weighted by Crippen LogP contribution is 2.34. The summed E-state index contributed by atoms with van der Waals surface area (Å²) >= 11 is 0. The first-order valence-electron chi connectivity index (χ1n) is 6.58. The maximum Gasteiger partial charge on any atom is 0.308 e. The van der Waals surface area contributed by atoms with Crippen molar-refractivity contribution in [2.45, 2.75) is 39.0 Å². The first-order valence-corrected chi connectivity index (χ1v) is 6.58. The second kappa shape index (κ2) is 7.11. The fraction of sp³-hybridized carbons (Fsp3) is 0.769. The van der Waals surface area contributed by atoms with Crippen molar-refractivity contribution in [1.29, 1.82) is 0 Å². The Bertz CT molecular complexity index is 329. The van der Waals surface area contributed by atoms with Gasteiger partial charge in [-0.05, 0) is 25.7 Å². The molecule has 2 unspecified atom stereocenters. The van der Waals surface area contributed by atoms with Gasteiger partial charge in [0.25, 0.3) is 0 Å². The van der Waals surface area contributed by atoms with E-state index in [-0.39, 0.29) is 19.3 Å². The van der Waals surface area contributed by atoms with Gasteiger partial charge >= 0.3 is 17.9 Å². The number of carbonyl (C=O) groups is 3. The molecule has 1 saturated carbocycles. The van der Waals surface area contributed by atoms with E-state index in [0.717, 1.165) is 12.8 Å². The summed E-state index contributed by atoms with van der Waals surface area (Å²) in [5.41, 5.74) is 0. The van der Waals surface area contributed by atoms with Crippen molar-refractivity contribution in [2.24, 2.45) is 17.8 Å². The number of ether oxygens (including phenoxy) is 1. The molecule has 19 heavy (non-hydrogen) atoms. The highest BCUT2D eigenvalue weighted by atomic mass is 16.5. The third-order valence-electron chi connectivity index (χ3n) is 3.48. The minimum Gasteiger partial charge on any atom is -0.481 e. The van der Waals surface area contributed by atoms with E-state index in [9.17, 15) is 14.4 Å².